The Morgan fingerprint density at radius 3 is 3.04 bits per heavy atom. The molecule has 0 amide bonds. The van der Waals surface area contributed by atoms with Gasteiger partial charge in [-0.2, -0.15) is 0 Å². The first kappa shape index (κ1) is 18.3. The van der Waals surface area contributed by atoms with Gasteiger partial charge in [-0.25, -0.2) is 0 Å². The van der Waals surface area contributed by atoms with Crippen LogP contribution in [0.25, 0.3) is 0 Å². The predicted molar refractivity (Wildman–Crippen MR) is 80.8 cm³/mol. The highest BCUT2D eigenvalue weighted by Crippen LogP contribution is 2.22. The molecule has 1 aliphatic rings. The fourth-order valence-corrected chi connectivity index (χ4v) is 2.64. The van der Waals surface area contributed by atoms with Crippen molar-refractivity contribution in [2.24, 2.45) is 0 Å². The van der Waals surface area contributed by atoms with Crippen LogP contribution in [0.5, 0.6) is 0 Å². The van der Waals surface area contributed by atoms with Crippen LogP contribution in [0.4, 0.5) is 0 Å². The lowest BCUT2D eigenvalue weighted by atomic mass is 9.98. The maximum Gasteiger partial charge on any atom is 0.162 e. The molecular formula is C15H26N2O6. The molecule has 1 saturated heterocycles. The summed E-state index contributed by atoms with van der Waals surface area (Å²) in [7, 11) is 1.60. The SMILES string of the molecule is COCc1cc(C[C@@H]2CC[C@H](O)[C@@H](CNC[C@H](O)CO)O2)no1. The van der Waals surface area contributed by atoms with Crippen molar-refractivity contribution in [1.82, 2.24) is 10.5 Å². The molecule has 2 heterocycles. The van der Waals surface area contributed by atoms with Crippen LogP contribution in [0.3, 0.4) is 0 Å². The van der Waals surface area contributed by atoms with E-state index in [1.54, 1.807) is 7.11 Å². The first-order chi connectivity index (χ1) is 11.1. The molecule has 0 radical (unpaired) electrons. The van der Waals surface area contributed by atoms with Gasteiger partial charge in [0.05, 0.1) is 36.7 Å². The number of hydrogen-bond acceptors (Lipinski definition) is 8. The average molecular weight is 330 g/mol. The highest BCUT2D eigenvalue weighted by atomic mass is 16.5. The van der Waals surface area contributed by atoms with Gasteiger partial charge < -0.3 is 34.6 Å². The van der Waals surface area contributed by atoms with Gasteiger partial charge in [0.15, 0.2) is 5.76 Å². The van der Waals surface area contributed by atoms with Crippen molar-refractivity contribution in [3.8, 4) is 0 Å². The van der Waals surface area contributed by atoms with Gasteiger partial charge in [0.25, 0.3) is 0 Å². The lowest BCUT2D eigenvalue weighted by molar-refractivity contribution is -0.115. The van der Waals surface area contributed by atoms with E-state index in [1.165, 1.54) is 0 Å². The minimum absolute atomic E-state index is 0.0338. The molecule has 1 aromatic rings. The number of aromatic nitrogens is 1. The number of aliphatic hydroxyl groups excluding tert-OH is 3. The van der Waals surface area contributed by atoms with Gasteiger partial charge >= 0.3 is 0 Å². The smallest absolute Gasteiger partial charge is 0.162 e. The molecule has 0 bridgehead atoms. The molecule has 0 aromatic carbocycles. The largest absolute Gasteiger partial charge is 0.394 e. The number of aliphatic hydroxyl groups is 3. The van der Waals surface area contributed by atoms with Gasteiger partial charge in [0.1, 0.15) is 6.61 Å². The van der Waals surface area contributed by atoms with E-state index in [-0.39, 0.29) is 25.4 Å². The summed E-state index contributed by atoms with van der Waals surface area (Å²) in [6, 6.07) is 1.85. The lowest BCUT2D eigenvalue weighted by Crippen LogP contribution is -2.46. The molecule has 0 spiro atoms. The number of ether oxygens (including phenoxy) is 2. The number of rotatable bonds is 9. The maximum atomic E-state index is 10.0. The van der Waals surface area contributed by atoms with E-state index in [1.807, 2.05) is 6.07 Å². The number of nitrogens with zero attached hydrogens (tertiary/aromatic N) is 1. The van der Waals surface area contributed by atoms with E-state index >= 15 is 0 Å². The van der Waals surface area contributed by atoms with Crippen LogP contribution in [0, 0.1) is 0 Å². The van der Waals surface area contributed by atoms with Gasteiger partial charge in [-0.05, 0) is 12.8 Å². The van der Waals surface area contributed by atoms with Crippen LogP contribution < -0.4 is 5.32 Å². The zero-order chi connectivity index (χ0) is 16.7. The number of nitrogens with one attached hydrogen (secondary N) is 1. The normalized spacial score (nSPS) is 26.3. The number of hydrogen-bond donors (Lipinski definition) is 4. The molecule has 8 nitrogen and oxygen atoms in total. The van der Waals surface area contributed by atoms with Gasteiger partial charge in [0, 0.05) is 32.7 Å². The monoisotopic (exact) mass is 330 g/mol. The quantitative estimate of drug-likeness (QED) is 0.466. The van der Waals surface area contributed by atoms with E-state index in [4.69, 9.17) is 19.1 Å². The Bertz CT molecular complexity index is 455. The Morgan fingerprint density at radius 2 is 2.30 bits per heavy atom. The van der Waals surface area contributed by atoms with Crippen molar-refractivity contribution in [2.75, 3.05) is 26.8 Å². The topological polar surface area (TPSA) is 117 Å². The molecule has 0 aliphatic carbocycles. The molecule has 0 unspecified atom stereocenters. The van der Waals surface area contributed by atoms with Crippen molar-refractivity contribution in [3.05, 3.63) is 17.5 Å². The third-order valence-corrected chi connectivity index (χ3v) is 3.85. The maximum absolute atomic E-state index is 10.0. The molecule has 4 atom stereocenters. The average Bonchev–Trinajstić information content (AvgIpc) is 2.97. The van der Waals surface area contributed by atoms with Crippen LogP contribution in [-0.4, -0.2) is 71.7 Å². The molecular weight excluding hydrogens is 304 g/mol. The van der Waals surface area contributed by atoms with E-state index < -0.39 is 12.2 Å². The summed E-state index contributed by atoms with van der Waals surface area (Å²) in [6.45, 7) is 0.774. The second-order valence-corrected chi connectivity index (χ2v) is 5.86. The van der Waals surface area contributed by atoms with Crippen molar-refractivity contribution in [2.45, 2.75) is 50.3 Å². The third kappa shape index (κ3) is 5.83. The summed E-state index contributed by atoms with van der Waals surface area (Å²) < 4.78 is 16.1. The first-order valence-electron chi connectivity index (χ1n) is 7.89. The van der Waals surface area contributed by atoms with Gasteiger partial charge in [0.2, 0.25) is 0 Å². The summed E-state index contributed by atoms with van der Waals surface area (Å²) in [5, 5.41) is 35.1. The van der Waals surface area contributed by atoms with Crippen LogP contribution in [0.15, 0.2) is 10.6 Å². The highest BCUT2D eigenvalue weighted by Gasteiger charge is 2.30. The van der Waals surface area contributed by atoms with Crippen LogP contribution >= 0.6 is 0 Å². The predicted octanol–water partition coefficient (Wildman–Crippen LogP) is -0.785. The van der Waals surface area contributed by atoms with Gasteiger partial charge in [-0.15, -0.1) is 0 Å². The molecule has 1 aliphatic heterocycles. The number of methoxy groups -OCH3 is 1. The second-order valence-electron chi connectivity index (χ2n) is 5.86. The Morgan fingerprint density at radius 1 is 1.48 bits per heavy atom. The Hall–Kier alpha value is -1.03. The zero-order valence-electron chi connectivity index (χ0n) is 13.4. The Labute approximate surface area is 135 Å². The molecule has 4 N–H and O–H groups in total. The van der Waals surface area contributed by atoms with E-state index in [2.05, 4.69) is 10.5 Å². The summed E-state index contributed by atoms with van der Waals surface area (Å²) in [6.07, 6.45) is 0.312. The van der Waals surface area contributed by atoms with E-state index in [0.717, 1.165) is 12.1 Å². The standard InChI is InChI=1S/C15H26N2O6/c1-21-9-13-5-10(17-23-13)4-12-2-3-14(20)15(22-12)7-16-6-11(19)8-18/h5,11-12,14-16,18-20H,2-4,6-9H2,1H3/t11-,12-,14-,15+/m0/s1. The molecule has 8 heteroatoms. The lowest BCUT2D eigenvalue weighted by Gasteiger charge is -2.34. The Balaban J connectivity index is 1.79. The van der Waals surface area contributed by atoms with Crippen molar-refractivity contribution < 1.29 is 29.3 Å². The van der Waals surface area contributed by atoms with Crippen molar-refractivity contribution in [1.29, 1.82) is 0 Å². The molecule has 1 aromatic heterocycles. The Kier molecular flexibility index (Phi) is 7.41. The minimum Gasteiger partial charge on any atom is -0.394 e. The van der Waals surface area contributed by atoms with E-state index in [0.29, 0.717) is 31.8 Å². The zero-order valence-corrected chi connectivity index (χ0v) is 13.4. The van der Waals surface area contributed by atoms with Gasteiger partial charge in [-0.3, -0.25) is 0 Å². The molecule has 132 valence electrons. The fraction of sp³-hybridized carbons (Fsp3) is 0.800. The van der Waals surface area contributed by atoms with E-state index in [9.17, 15) is 10.2 Å². The van der Waals surface area contributed by atoms with Gasteiger partial charge in [-0.1, -0.05) is 5.16 Å². The first-order valence-corrected chi connectivity index (χ1v) is 7.89. The summed E-state index contributed by atoms with van der Waals surface area (Å²) in [4.78, 5) is 0. The molecule has 0 saturated carbocycles. The summed E-state index contributed by atoms with van der Waals surface area (Å²) in [5.41, 5.74) is 0.806. The summed E-state index contributed by atoms with van der Waals surface area (Å²) >= 11 is 0. The van der Waals surface area contributed by atoms with Crippen molar-refractivity contribution >= 4 is 0 Å². The van der Waals surface area contributed by atoms with Crippen LogP contribution in [-0.2, 0) is 22.5 Å². The summed E-state index contributed by atoms with van der Waals surface area (Å²) in [5.74, 6) is 0.676. The molecule has 1 fully saturated rings. The fourth-order valence-electron chi connectivity index (χ4n) is 2.64. The second kappa shape index (κ2) is 9.31. The van der Waals surface area contributed by atoms with Crippen LogP contribution in [0.1, 0.15) is 24.3 Å². The molecule has 2 rings (SSSR count). The third-order valence-electron chi connectivity index (χ3n) is 3.85. The minimum atomic E-state index is -0.805. The van der Waals surface area contributed by atoms with Crippen LogP contribution in [0.2, 0.25) is 0 Å². The highest BCUT2D eigenvalue weighted by molar-refractivity contribution is 5.06. The molecule has 23 heavy (non-hydrogen) atoms. The van der Waals surface area contributed by atoms with Crippen molar-refractivity contribution in [3.63, 3.8) is 0 Å².